The Morgan fingerprint density at radius 2 is 1.66 bits per heavy atom. The number of benzene rings is 3. The Balaban J connectivity index is 1.30. The molecule has 0 saturated heterocycles. The third-order valence-corrected chi connectivity index (χ3v) is 9.98. The van der Waals surface area contributed by atoms with Crippen LogP contribution in [0.5, 0.6) is 0 Å². The van der Waals surface area contributed by atoms with Gasteiger partial charge in [-0.05, 0) is 77.7 Å². The average Bonchev–Trinajstić information content (AvgIpc) is 3.62. The first-order chi connectivity index (χ1) is 19.7. The SMILES string of the molecule is CS(=O)(=O)c1cccc(-c2ccc(-c3cc(CN4CC=C(c5ccc(Cl)cc5)CC4)nn3-c3ccccc3Cl)s2)c1. The number of para-hydroxylation sites is 1. The third-order valence-electron chi connectivity index (χ3n) is 7.14. The maximum absolute atomic E-state index is 12.1. The van der Waals surface area contributed by atoms with Crippen LogP contribution in [-0.4, -0.2) is 42.4 Å². The first-order valence-electron chi connectivity index (χ1n) is 13.2. The fourth-order valence-electron chi connectivity index (χ4n) is 5.01. The summed E-state index contributed by atoms with van der Waals surface area (Å²) in [6.45, 7) is 2.48. The number of aromatic nitrogens is 2. The molecule has 0 N–H and O–H groups in total. The van der Waals surface area contributed by atoms with Crippen LogP contribution >= 0.6 is 34.5 Å². The maximum Gasteiger partial charge on any atom is 0.175 e. The predicted molar refractivity (Wildman–Crippen MR) is 170 cm³/mol. The summed E-state index contributed by atoms with van der Waals surface area (Å²) in [5, 5.41) is 6.38. The molecule has 1 aliphatic heterocycles. The molecule has 0 spiro atoms. The van der Waals surface area contributed by atoms with Crippen molar-refractivity contribution < 1.29 is 8.42 Å². The van der Waals surface area contributed by atoms with E-state index in [9.17, 15) is 8.42 Å². The van der Waals surface area contributed by atoms with Crippen molar-refractivity contribution in [3.05, 3.63) is 118 Å². The highest BCUT2D eigenvalue weighted by Gasteiger charge is 2.20. The van der Waals surface area contributed by atoms with Gasteiger partial charge in [0, 0.05) is 35.8 Å². The first kappa shape index (κ1) is 27.9. The van der Waals surface area contributed by atoms with E-state index in [1.165, 1.54) is 17.4 Å². The smallest absolute Gasteiger partial charge is 0.175 e. The lowest BCUT2D eigenvalue weighted by Crippen LogP contribution is -2.28. The largest absolute Gasteiger partial charge is 0.293 e. The molecule has 2 aromatic heterocycles. The van der Waals surface area contributed by atoms with Gasteiger partial charge in [0.2, 0.25) is 0 Å². The Labute approximate surface area is 254 Å². The molecule has 6 rings (SSSR count). The Hall–Kier alpha value is -3.20. The summed E-state index contributed by atoms with van der Waals surface area (Å²) in [5.41, 5.74) is 6.13. The van der Waals surface area contributed by atoms with Gasteiger partial charge in [-0.15, -0.1) is 11.3 Å². The number of hydrogen-bond acceptors (Lipinski definition) is 5. The zero-order chi connectivity index (χ0) is 28.6. The second-order valence-corrected chi connectivity index (χ2v) is 14.0. The maximum atomic E-state index is 12.1. The van der Waals surface area contributed by atoms with Crippen molar-refractivity contribution in [2.75, 3.05) is 19.3 Å². The van der Waals surface area contributed by atoms with Crippen LogP contribution in [0, 0.1) is 0 Å². The van der Waals surface area contributed by atoms with Crippen LogP contribution in [0.2, 0.25) is 10.0 Å². The number of nitrogens with zero attached hydrogens (tertiary/aromatic N) is 3. The molecule has 5 aromatic rings. The highest BCUT2D eigenvalue weighted by atomic mass is 35.5. The van der Waals surface area contributed by atoms with Gasteiger partial charge in [-0.25, -0.2) is 13.1 Å². The van der Waals surface area contributed by atoms with E-state index < -0.39 is 9.84 Å². The molecule has 0 atom stereocenters. The van der Waals surface area contributed by atoms with E-state index in [4.69, 9.17) is 28.3 Å². The Morgan fingerprint density at radius 1 is 0.878 bits per heavy atom. The van der Waals surface area contributed by atoms with Gasteiger partial charge in [0.15, 0.2) is 9.84 Å². The number of hydrogen-bond donors (Lipinski definition) is 0. The quantitative estimate of drug-likeness (QED) is 0.184. The monoisotopic (exact) mass is 619 g/mol. The van der Waals surface area contributed by atoms with Crippen LogP contribution in [-0.2, 0) is 16.4 Å². The van der Waals surface area contributed by atoms with E-state index >= 15 is 0 Å². The first-order valence-corrected chi connectivity index (χ1v) is 16.6. The van der Waals surface area contributed by atoms with Gasteiger partial charge >= 0.3 is 0 Å². The molecule has 9 heteroatoms. The second kappa shape index (κ2) is 11.6. The van der Waals surface area contributed by atoms with Crippen LogP contribution in [0.15, 0.2) is 102 Å². The number of rotatable bonds is 7. The van der Waals surface area contributed by atoms with E-state index in [-0.39, 0.29) is 0 Å². The van der Waals surface area contributed by atoms with Crippen molar-refractivity contribution in [1.29, 1.82) is 0 Å². The van der Waals surface area contributed by atoms with Gasteiger partial charge in [-0.2, -0.15) is 5.10 Å². The summed E-state index contributed by atoms with van der Waals surface area (Å²) in [5.74, 6) is 0. The van der Waals surface area contributed by atoms with Gasteiger partial charge in [0.05, 0.1) is 31.9 Å². The highest BCUT2D eigenvalue weighted by Crippen LogP contribution is 2.37. The highest BCUT2D eigenvalue weighted by molar-refractivity contribution is 7.90. The lowest BCUT2D eigenvalue weighted by Gasteiger charge is -2.25. The molecule has 3 aromatic carbocycles. The van der Waals surface area contributed by atoms with Gasteiger partial charge < -0.3 is 0 Å². The Bertz CT molecular complexity index is 1860. The third kappa shape index (κ3) is 6.20. The molecule has 0 amide bonds. The topological polar surface area (TPSA) is 55.2 Å². The van der Waals surface area contributed by atoms with Crippen LogP contribution in [0.4, 0.5) is 0 Å². The number of thiophene rings is 1. The lowest BCUT2D eigenvalue weighted by atomic mass is 9.99. The molecular formula is C32H27Cl2N3O2S2. The van der Waals surface area contributed by atoms with E-state index in [0.29, 0.717) is 16.5 Å². The van der Waals surface area contributed by atoms with Crippen molar-refractivity contribution in [2.24, 2.45) is 0 Å². The zero-order valence-electron chi connectivity index (χ0n) is 22.3. The van der Waals surface area contributed by atoms with Gasteiger partial charge in [-0.3, -0.25) is 4.90 Å². The van der Waals surface area contributed by atoms with Crippen molar-refractivity contribution in [2.45, 2.75) is 17.9 Å². The fourth-order valence-corrected chi connectivity index (χ4v) is 7.02. The number of sulfone groups is 1. The minimum Gasteiger partial charge on any atom is -0.293 e. The van der Waals surface area contributed by atoms with Crippen molar-refractivity contribution in [3.63, 3.8) is 0 Å². The van der Waals surface area contributed by atoms with Crippen molar-refractivity contribution >= 4 is 49.9 Å². The molecule has 0 aliphatic carbocycles. The summed E-state index contributed by atoms with van der Waals surface area (Å²) >= 11 is 14.3. The van der Waals surface area contributed by atoms with Crippen LogP contribution in [0.1, 0.15) is 17.7 Å². The molecule has 1 aliphatic rings. The van der Waals surface area contributed by atoms with Gasteiger partial charge in [0.25, 0.3) is 0 Å². The summed E-state index contributed by atoms with van der Waals surface area (Å²) in [7, 11) is -3.30. The van der Waals surface area contributed by atoms with Crippen LogP contribution in [0.25, 0.3) is 32.3 Å². The molecule has 5 nitrogen and oxygen atoms in total. The molecule has 0 bridgehead atoms. The fraction of sp³-hybridized carbons (Fsp3) is 0.156. The molecule has 208 valence electrons. The second-order valence-electron chi connectivity index (χ2n) is 10.1. The van der Waals surface area contributed by atoms with Crippen molar-refractivity contribution in [1.82, 2.24) is 14.7 Å². The molecule has 0 saturated carbocycles. The zero-order valence-corrected chi connectivity index (χ0v) is 25.4. The Kier molecular flexibility index (Phi) is 7.90. The minimum absolute atomic E-state index is 0.308. The molecule has 0 radical (unpaired) electrons. The normalized spacial score (nSPS) is 14.3. The molecular weight excluding hydrogens is 593 g/mol. The van der Waals surface area contributed by atoms with Crippen LogP contribution < -0.4 is 0 Å². The van der Waals surface area contributed by atoms with Gasteiger partial charge in [0.1, 0.15) is 0 Å². The lowest BCUT2D eigenvalue weighted by molar-refractivity contribution is 0.290. The van der Waals surface area contributed by atoms with E-state index in [1.807, 2.05) is 53.2 Å². The van der Waals surface area contributed by atoms with Gasteiger partial charge in [-0.1, -0.05) is 65.7 Å². The standard InChI is InChI=1S/C32H27Cl2N3O2S2/c1-41(38,39)27-6-4-5-24(19-27)31-13-14-32(40-31)30-20-26(35-37(30)29-8-3-2-7-28(29)34)21-36-17-15-23(16-18-36)22-9-11-25(33)12-10-22/h2-15,19-20H,16-18,21H2,1H3. The number of halogens is 2. The molecule has 0 unspecified atom stereocenters. The van der Waals surface area contributed by atoms with Crippen LogP contribution in [0.3, 0.4) is 0 Å². The summed E-state index contributed by atoms with van der Waals surface area (Å²) in [4.78, 5) is 4.70. The summed E-state index contributed by atoms with van der Waals surface area (Å²) in [6, 6.07) is 29.0. The predicted octanol–water partition coefficient (Wildman–Crippen LogP) is 8.27. The van der Waals surface area contributed by atoms with E-state index in [1.54, 1.807) is 29.5 Å². The van der Waals surface area contributed by atoms with Crippen molar-refractivity contribution in [3.8, 4) is 26.7 Å². The molecule has 41 heavy (non-hydrogen) atoms. The Morgan fingerprint density at radius 3 is 2.39 bits per heavy atom. The molecule has 0 fully saturated rings. The average molecular weight is 621 g/mol. The minimum atomic E-state index is -3.30. The van der Waals surface area contributed by atoms with E-state index in [2.05, 4.69) is 35.2 Å². The van der Waals surface area contributed by atoms with E-state index in [0.717, 1.165) is 56.9 Å². The summed E-state index contributed by atoms with van der Waals surface area (Å²) in [6.07, 6.45) is 4.47. The summed E-state index contributed by atoms with van der Waals surface area (Å²) < 4.78 is 26.1. The molecule has 3 heterocycles.